The Morgan fingerprint density at radius 1 is 0.542 bits per heavy atom. The molecule has 3 aromatic heterocycles. The van der Waals surface area contributed by atoms with E-state index in [0.717, 1.165) is 111 Å². The van der Waals surface area contributed by atoms with Gasteiger partial charge in [-0.25, -0.2) is 9.97 Å². The summed E-state index contributed by atoms with van der Waals surface area (Å²) in [7, 11) is 0. The van der Waals surface area contributed by atoms with Crippen LogP contribution in [0.5, 0.6) is 11.5 Å². The summed E-state index contributed by atoms with van der Waals surface area (Å²) in [6, 6.07) is 27.9. The summed E-state index contributed by atoms with van der Waals surface area (Å²) in [4.78, 5) is 51.0. The standard InChI is InChI=1S/C44H40N4O6.C2H4O2.Mn/c1-29(49)51-23-3-5-25-53-37-15-7-31(8-16-37)43-39-19-11-33(45-39)27-35-13-21-41(47-35)44(42-22-14-36(48-42)28-34-12-20-40(43)46-34)32-9-17-38(18-10-32)54-26-6-4-24-52-30(2)50;1-2(3)4;/h7-22,27-28H,3-6,23-26H2,1-2H3;1H3,(H,3,4);/q-2;;+2. The number of carboxylic acid groups (broad SMARTS) is 1. The molecule has 1 radical (unpaired) electrons. The number of ether oxygens (including phenoxy) is 4. The maximum Gasteiger partial charge on any atom is 2.00 e. The van der Waals surface area contributed by atoms with Crippen molar-refractivity contribution in [3.63, 3.8) is 0 Å². The van der Waals surface area contributed by atoms with Crippen molar-refractivity contribution in [3.8, 4) is 33.8 Å². The molecule has 0 saturated carbocycles. The minimum Gasteiger partial charge on any atom is -0.657 e. The Balaban J connectivity index is 0.00000127. The molecular formula is C46H44MnN4O8. The largest absolute Gasteiger partial charge is 2.00 e. The van der Waals surface area contributed by atoms with Gasteiger partial charge in [-0.05, 0) is 96.5 Å². The van der Waals surface area contributed by atoms with E-state index in [2.05, 4.69) is 0 Å². The second kappa shape index (κ2) is 21.4. The summed E-state index contributed by atoms with van der Waals surface area (Å²) in [6.07, 6.45) is 11.1. The Bertz CT molecular complexity index is 2300. The van der Waals surface area contributed by atoms with Gasteiger partial charge in [-0.3, -0.25) is 14.4 Å². The Morgan fingerprint density at radius 3 is 1.29 bits per heavy atom. The van der Waals surface area contributed by atoms with E-state index in [1.54, 1.807) is 0 Å². The average Bonchev–Trinajstić information content (AvgIpc) is 4.03. The van der Waals surface area contributed by atoms with Crippen LogP contribution in [0.1, 0.15) is 69.2 Å². The number of esters is 2. The summed E-state index contributed by atoms with van der Waals surface area (Å²) in [6.45, 7) is 5.76. The third-order valence-electron chi connectivity index (χ3n) is 8.77. The number of carboxylic acids is 1. The minimum atomic E-state index is -0.833. The van der Waals surface area contributed by atoms with Gasteiger partial charge < -0.3 is 34.0 Å². The third-order valence-corrected chi connectivity index (χ3v) is 8.77. The van der Waals surface area contributed by atoms with Gasteiger partial charge in [0.25, 0.3) is 5.97 Å². The predicted molar refractivity (Wildman–Crippen MR) is 224 cm³/mol. The zero-order valence-electron chi connectivity index (χ0n) is 33.0. The zero-order valence-corrected chi connectivity index (χ0v) is 34.2. The Kier molecular flexibility index (Phi) is 15.8. The quantitative estimate of drug-likeness (QED) is 0.0631. The molecule has 2 aliphatic rings. The van der Waals surface area contributed by atoms with Gasteiger partial charge in [0.1, 0.15) is 11.5 Å². The molecule has 5 heterocycles. The van der Waals surface area contributed by atoms with Crippen molar-refractivity contribution in [2.45, 2.75) is 46.5 Å². The number of unbranched alkanes of at least 4 members (excludes halogenated alkanes) is 2. The molecule has 8 bridgehead atoms. The van der Waals surface area contributed by atoms with Crippen LogP contribution in [-0.4, -0.2) is 59.4 Å². The van der Waals surface area contributed by atoms with Crippen molar-refractivity contribution >= 4 is 64.3 Å². The number of carbonyl (C=O) groups excluding carboxylic acids is 2. The van der Waals surface area contributed by atoms with E-state index in [1.807, 2.05) is 109 Å². The van der Waals surface area contributed by atoms with Gasteiger partial charge in [0.2, 0.25) is 0 Å². The van der Waals surface area contributed by atoms with Gasteiger partial charge >= 0.3 is 29.0 Å². The molecule has 303 valence electrons. The summed E-state index contributed by atoms with van der Waals surface area (Å²) in [5.41, 5.74) is 10.1. The summed E-state index contributed by atoms with van der Waals surface area (Å²) in [5, 5.41) is 7.42. The molecule has 2 aliphatic heterocycles. The fraction of sp³-hybridized carbons (Fsp3) is 0.239. The van der Waals surface area contributed by atoms with Crippen LogP contribution >= 0.6 is 0 Å². The average molecular weight is 836 g/mol. The number of nitrogens with zero attached hydrogens (tertiary/aromatic N) is 4. The van der Waals surface area contributed by atoms with Crippen LogP contribution in [0.4, 0.5) is 0 Å². The van der Waals surface area contributed by atoms with Crippen LogP contribution in [-0.2, 0) is 40.9 Å². The molecule has 0 spiro atoms. The molecule has 0 fully saturated rings. The fourth-order valence-corrected chi connectivity index (χ4v) is 6.20. The van der Waals surface area contributed by atoms with Crippen LogP contribution in [0.3, 0.4) is 0 Å². The predicted octanol–water partition coefficient (Wildman–Crippen LogP) is 8.78. The van der Waals surface area contributed by atoms with Crippen molar-refractivity contribution in [1.82, 2.24) is 19.9 Å². The molecule has 13 heteroatoms. The van der Waals surface area contributed by atoms with Crippen LogP contribution in [0.15, 0.2) is 84.9 Å². The van der Waals surface area contributed by atoms with E-state index in [0.29, 0.717) is 26.4 Å². The number of benzene rings is 2. The van der Waals surface area contributed by atoms with Gasteiger partial charge in [0.15, 0.2) is 0 Å². The first-order valence-corrected chi connectivity index (χ1v) is 19.0. The molecule has 7 rings (SSSR count). The third kappa shape index (κ3) is 12.8. The Hall–Kier alpha value is -6.43. The number of aromatic nitrogens is 4. The maximum absolute atomic E-state index is 11.0. The van der Waals surface area contributed by atoms with Crippen molar-refractivity contribution in [3.05, 3.63) is 108 Å². The van der Waals surface area contributed by atoms with Crippen LogP contribution in [0, 0.1) is 0 Å². The molecule has 5 aromatic rings. The van der Waals surface area contributed by atoms with Gasteiger partial charge in [-0.15, -0.1) is 22.1 Å². The number of rotatable bonds is 14. The zero-order chi connectivity index (χ0) is 40.9. The first-order valence-electron chi connectivity index (χ1n) is 19.0. The van der Waals surface area contributed by atoms with Crippen molar-refractivity contribution in [1.29, 1.82) is 0 Å². The van der Waals surface area contributed by atoms with E-state index >= 15 is 0 Å². The number of carbonyl (C=O) groups is 3. The molecule has 12 nitrogen and oxygen atoms in total. The minimum absolute atomic E-state index is 0. The SMILES string of the molecule is CC(=O)O.CC(=O)OCCCCOc1ccc(-c2c3nc(cc4ccc([n-]4)c(-c4ccc(OCCCCOC(C)=O)cc4)c4nc(cc5ccc2[n-]5)C=C4)C=C3)cc1.[Mn+2]. The van der Waals surface area contributed by atoms with E-state index in [4.69, 9.17) is 48.8 Å². The molecule has 0 saturated heterocycles. The number of hydrogen-bond acceptors (Lipinski definition) is 9. The second-order valence-electron chi connectivity index (χ2n) is 13.4. The molecule has 0 amide bonds. The molecule has 0 atom stereocenters. The van der Waals surface area contributed by atoms with Crippen molar-refractivity contribution in [2.24, 2.45) is 0 Å². The van der Waals surface area contributed by atoms with Crippen LogP contribution in [0.2, 0.25) is 0 Å². The molecule has 0 aliphatic carbocycles. The molecule has 0 unspecified atom stereocenters. The molecule has 1 N–H and O–H groups in total. The van der Waals surface area contributed by atoms with Crippen LogP contribution < -0.4 is 19.4 Å². The Morgan fingerprint density at radius 2 is 0.915 bits per heavy atom. The molecule has 2 aromatic carbocycles. The maximum atomic E-state index is 11.0. The van der Waals surface area contributed by atoms with E-state index in [9.17, 15) is 9.59 Å². The van der Waals surface area contributed by atoms with Crippen molar-refractivity contribution in [2.75, 3.05) is 26.4 Å². The molecule has 59 heavy (non-hydrogen) atoms. The Labute approximate surface area is 352 Å². The fourth-order valence-electron chi connectivity index (χ4n) is 6.20. The normalized spacial score (nSPS) is 11.2. The van der Waals surface area contributed by atoms with E-state index in [-0.39, 0.29) is 29.0 Å². The van der Waals surface area contributed by atoms with Gasteiger partial charge in [-0.1, -0.05) is 60.7 Å². The monoisotopic (exact) mass is 835 g/mol. The first-order chi connectivity index (χ1) is 28.1. The summed E-state index contributed by atoms with van der Waals surface area (Å²) >= 11 is 0. The summed E-state index contributed by atoms with van der Waals surface area (Å²) < 4.78 is 21.9. The second-order valence-corrected chi connectivity index (χ2v) is 13.4. The van der Waals surface area contributed by atoms with Gasteiger partial charge in [0, 0.05) is 20.8 Å². The van der Waals surface area contributed by atoms with Gasteiger partial charge in [-0.2, -0.15) is 0 Å². The molecular weight excluding hydrogens is 791 g/mol. The van der Waals surface area contributed by atoms with Gasteiger partial charge in [0.05, 0.1) is 49.2 Å². The van der Waals surface area contributed by atoms with E-state index in [1.165, 1.54) is 13.8 Å². The topological polar surface area (TPSA) is 162 Å². The number of hydrogen-bond donors (Lipinski definition) is 1. The number of fused-ring (bicyclic) bond motifs is 8. The number of aliphatic carboxylic acids is 1. The first kappa shape index (κ1) is 43.7. The smallest absolute Gasteiger partial charge is 0.657 e. The van der Waals surface area contributed by atoms with E-state index < -0.39 is 5.97 Å². The summed E-state index contributed by atoms with van der Waals surface area (Å²) in [5.74, 6) is 0.151. The van der Waals surface area contributed by atoms with Crippen LogP contribution in [0.25, 0.3) is 68.6 Å². The van der Waals surface area contributed by atoms with Crippen molar-refractivity contribution < 1.29 is 55.5 Å².